The molecule has 4 nitrogen and oxygen atoms in total. The molecule has 3 aromatic rings. The monoisotopic (exact) mass is 459 g/mol. The average Bonchev–Trinajstić information content (AvgIpc) is 2.77. The molecule has 2 N–H and O–H groups in total. The van der Waals surface area contributed by atoms with Crippen molar-refractivity contribution in [3.8, 4) is 5.75 Å². The van der Waals surface area contributed by atoms with Gasteiger partial charge in [0.15, 0.2) is 4.87 Å². The fraction of sp³-hybridized carbons (Fsp3) is 0.125. The minimum atomic E-state index is -4.88. The highest BCUT2D eigenvalue weighted by Gasteiger charge is 2.55. The van der Waals surface area contributed by atoms with Gasteiger partial charge in [0, 0.05) is 10.9 Å². The molecule has 0 fully saturated rings. The van der Waals surface area contributed by atoms with E-state index in [9.17, 15) is 23.1 Å². The van der Waals surface area contributed by atoms with Crippen LogP contribution >= 0.6 is 11.6 Å². The van der Waals surface area contributed by atoms with Crippen molar-refractivity contribution in [1.29, 1.82) is 0 Å². The maximum atomic E-state index is 13.6. The second-order valence-corrected chi connectivity index (χ2v) is 7.88. The van der Waals surface area contributed by atoms with Crippen LogP contribution in [0.1, 0.15) is 10.4 Å². The standard InChI is InChI=1S/C24H17ClF3NO3/c25-22(24(26,27)28)13-14-23(31,20(15-22)29-21(30)17-8-2-1-3-9-17)32-19-12-6-10-16-7-4-5-11-18(16)19/h1-15,31H,(H,29,30). The lowest BCUT2D eigenvalue weighted by atomic mass is 9.94. The van der Waals surface area contributed by atoms with Crippen molar-refractivity contribution >= 4 is 28.3 Å². The molecule has 3 aromatic carbocycles. The van der Waals surface area contributed by atoms with Crippen molar-refractivity contribution in [2.45, 2.75) is 16.8 Å². The van der Waals surface area contributed by atoms with Gasteiger partial charge >= 0.3 is 6.18 Å². The molecule has 1 amide bonds. The van der Waals surface area contributed by atoms with Crippen molar-refractivity contribution in [1.82, 2.24) is 5.32 Å². The Balaban J connectivity index is 1.75. The smallest absolute Gasteiger partial charge is 0.414 e. The maximum absolute atomic E-state index is 13.6. The van der Waals surface area contributed by atoms with E-state index < -0.39 is 28.4 Å². The topological polar surface area (TPSA) is 58.6 Å². The van der Waals surface area contributed by atoms with Crippen LogP contribution in [0.25, 0.3) is 10.8 Å². The Morgan fingerprint density at radius 2 is 1.59 bits per heavy atom. The van der Waals surface area contributed by atoms with Crippen molar-refractivity contribution in [3.05, 3.63) is 102 Å². The van der Waals surface area contributed by atoms with E-state index in [-0.39, 0.29) is 11.3 Å². The van der Waals surface area contributed by atoms with Crippen molar-refractivity contribution in [2.75, 3.05) is 0 Å². The fourth-order valence-electron chi connectivity index (χ4n) is 3.31. The number of rotatable bonds is 4. The Morgan fingerprint density at radius 3 is 2.31 bits per heavy atom. The first kappa shape index (κ1) is 21.9. The first-order valence-electron chi connectivity index (χ1n) is 9.56. The van der Waals surface area contributed by atoms with Crippen LogP contribution in [0.15, 0.2) is 96.7 Å². The van der Waals surface area contributed by atoms with E-state index in [0.29, 0.717) is 17.5 Å². The van der Waals surface area contributed by atoms with E-state index in [4.69, 9.17) is 16.3 Å². The quantitative estimate of drug-likeness (QED) is 0.315. The summed E-state index contributed by atoms with van der Waals surface area (Å²) in [6.45, 7) is 0. The third-order valence-corrected chi connectivity index (χ3v) is 5.48. The number of carbonyl (C=O) groups excluding carboxylic acids is 1. The molecule has 0 saturated carbocycles. The van der Waals surface area contributed by atoms with Crippen LogP contribution < -0.4 is 10.1 Å². The van der Waals surface area contributed by atoms with E-state index in [0.717, 1.165) is 11.5 Å². The number of hydrogen-bond donors (Lipinski definition) is 2. The summed E-state index contributed by atoms with van der Waals surface area (Å²) < 4.78 is 46.5. The summed E-state index contributed by atoms with van der Waals surface area (Å²) in [6, 6.07) is 20.1. The second kappa shape index (κ2) is 8.00. The molecule has 0 aliphatic heterocycles. The van der Waals surface area contributed by atoms with Crippen molar-refractivity contribution in [2.24, 2.45) is 0 Å². The van der Waals surface area contributed by atoms with Gasteiger partial charge in [-0.2, -0.15) is 13.2 Å². The predicted octanol–water partition coefficient (Wildman–Crippen LogP) is 5.33. The van der Waals surface area contributed by atoms with Gasteiger partial charge in [-0.1, -0.05) is 54.6 Å². The lowest BCUT2D eigenvalue weighted by Gasteiger charge is -2.36. The third-order valence-electron chi connectivity index (χ3n) is 5.03. The number of ether oxygens (including phenoxy) is 1. The minimum Gasteiger partial charge on any atom is -0.452 e. The molecule has 0 heterocycles. The van der Waals surface area contributed by atoms with Gasteiger partial charge in [0.1, 0.15) is 5.75 Å². The molecule has 0 saturated heterocycles. The van der Waals surface area contributed by atoms with Crippen LogP contribution in [0.4, 0.5) is 13.2 Å². The molecule has 2 unspecified atom stereocenters. The number of halogens is 4. The molecular formula is C24H17ClF3NO3. The molecule has 0 bridgehead atoms. The number of benzene rings is 3. The Kier molecular flexibility index (Phi) is 5.48. The molecule has 4 rings (SSSR count). The van der Waals surface area contributed by atoms with Gasteiger partial charge in [-0.3, -0.25) is 4.79 Å². The average molecular weight is 460 g/mol. The number of amides is 1. The second-order valence-electron chi connectivity index (χ2n) is 7.25. The Morgan fingerprint density at radius 1 is 0.938 bits per heavy atom. The van der Waals surface area contributed by atoms with Crippen LogP contribution in [0.3, 0.4) is 0 Å². The molecule has 0 radical (unpaired) electrons. The van der Waals surface area contributed by atoms with Crippen LogP contribution in [0.2, 0.25) is 0 Å². The highest BCUT2D eigenvalue weighted by Crippen LogP contribution is 2.44. The van der Waals surface area contributed by atoms with Crippen LogP contribution in [0.5, 0.6) is 5.75 Å². The normalized spacial score (nSPS) is 23.0. The first-order chi connectivity index (χ1) is 15.1. The molecule has 0 aromatic heterocycles. The predicted molar refractivity (Wildman–Crippen MR) is 115 cm³/mol. The highest BCUT2D eigenvalue weighted by molar-refractivity contribution is 6.27. The zero-order valence-electron chi connectivity index (χ0n) is 16.4. The minimum absolute atomic E-state index is 0.183. The van der Waals surface area contributed by atoms with Gasteiger partial charge in [0.25, 0.3) is 11.7 Å². The van der Waals surface area contributed by atoms with E-state index in [1.807, 2.05) is 18.2 Å². The molecule has 0 spiro atoms. The van der Waals surface area contributed by atoms with E-state index in [2.05, 4.69) is 5.32 Å². The fourth-order valence-corrected chi connectivity index (χ4v) is 3.48. The highest BCUT2D eigenvalue weighted by atomic mass is 35.5. The largest absolute Gasteiger partial charge is 0.452 e. The number of carbonyl (C=O) groups is 1. The Bertz CT molecular complexity index is 1220. The number of alkyl halides is 4. The Hall–Kier alpha value is -3.29. The zero-order chi connectivity index (χ0) is 23.0. The van der Waals surface area contributed by atoms with Gasteiger partial charge < -0.3 is 15.2 Å². The molecule has 164 valence electrons. The van der Waals surface area contributed by atoms with E-state index in [1.54, 1.807) is 42.5 Å². The summed E-state index contributed by atoms with van der Waals surface area (Å²) in [5.74, 6) is -2.92. The molecule has 32 heavy (non-hydrogen) atoms. The van der Waals surface area contributed by atoms with E-state index in [1.165, 1.54) is 12.1 Å². The number of aliphatic hydroxyl groups is 1. The summed E-state index contributed by atoms with van der Waals surface area (Å²) in [5.41, 5.74) is -0.364. The summed E-state index contributed by atoms with van der Waals surface area (Å²) in [5, 5.41) is 15.0. The van der Waals surface area contributed by atoms with E-state index >= 15 is 0 Å². The lowest BCUT2D eigenvalue weighted by molar-refractivity contribution is -0.142. The summed E-state index contributed by atoms with van der Waals surface area (Å²) in [6.07, 6.45) is -2.96. The SMILES string of the molecule is O=C(NC1=CC(Cl)(C(F)(F)F)C=CC1(O)Oc1cccc2ccccc12)c1ccccc1. The van der Waals surface area contributed by atoms with Gasteiger partial charge in [-0.15, -0.1) is 11.6 Å². The number of fused-ring (bicyclic) bond motifs is 1. The van der Waals surface area contributed by atoms with Gasteiger partial charge in [0.2, 0.25) is 0 Å². The van der Waals surface area contributed by atoms with Gasteiger partial charge in [-0.25, -0.2) is 0 Å². The summed E-state index contributed by atoms with van der Waals surface area (Å²) >= 11 is 5.79. The van der Waals surface area contributed by atoms with Crippen LogP contribution in [0, 0.1) is 0 Å². The number of allylic oxidation sites excluding steroid dienone is 2. The molecule has 1 aliphatic carbocycles. The molecular weight excluding hydrogens is 443 g/mol. The van der Waals surface area contributed by atoms with Crippen LogP contribution in [-0.4, -0.2) is 27.9 Å². The van der Waals surface area contributed by atoms with Gasteiger partial charge in [-0.05, 0) is 41.8 Å². The molecule has 1 aliphatic rings. The molecule has 2 atom stereocenters. The van der Waals surface area contributed by atoms with Crippen molar-refractivity contribution < 1.29 is 27.8 Å². The first-order valence-corrected chi connectivity index (χ1v) is 9.94. The maximum Gasteiger partial charge on any atom is 0.414 e. The summed E-state index contributed by atoms with van der Waals surface area (Å²) in [4.78, 5) is 9.73. The van der Waals surface area contributed by atoms with Gasteiger partial charge in [0.05, 0.1) is 5.70 Å². The lowest BCUT2D eigenvalue weighted by Crippen LogP contribution is -2.50. The summed E-state index contributed by atoms with van der Waals surface area (Å²) in [7, 11) is 0. The zero-order valence-corrected chi connectivity index (χ0v) is 17.2. The number of hydrogen-bond acceptors (Lipinski definition) is 3. The van der Waals surface area contributed by atoms with Crippen LogP contribution in [-0.2, 0) is 0 Å². The third kappa shape index (κ3) is 4.09. The molecule has 8 heteroatoms. The van der Waals surface area contributed by atoms with Crippen molar-refractivity contribution in [3.63, 3.8) is 0 Å². The number of nitrogens with one attached hydrogen (secondary N) is 1. The Labute approximate surface area is 186 Å².